The SMILES string of the molecule is NC(=O)Cn1cnc2c(cnn2-c2ccccc2)c1=O. The van der Waals surface area contributed by atoms with Gasteiger partial charge < -0.3 is 5.73 Å². The number of para-hydroxylation sites is 1. The van der Waals surface area contributed by atoms with Gasteiger partial charge in [0.15, 0.2) is 5.65 Å². The number of amides is 1. The summed E-state index contributed by atoms with van der Waals surface area (Å²) in [6.45, 7) is -0.196. The van der Waals surface area contributed by atoms with Gasteiger partial charge in [-0.1, -0.05) is 18.2 Å². The minimum Gasteiger partial charge on any atom is -0.368 e. The number of fused-ring (bicyclic) bond motifs is 1. The van der Waals surface area contributed by atoms with Crippen molar-refractivity contribution in [2.75, 3.05) is 0 Å². The molecule has 20 heavy (non-hydrogen) atoms. The van der Waals surface area contributed by atoms with Crippen molar-refractivity contribution in [1.82, 2.24) is 19.3 Å². The molecule has 3 aromatic rings. The molecule has 7 heteroatoms. The summed E-state index contributed by atoms with van der Waals surface area (Å²) in [5.74, 6) is -0.594. The summed E-state index contributed by atoms with van der Waals surface area (Å²) in [4.78, 5) is 27.3. The van der Waals surface area contributed by atoms with Crippen molar-refractivity contribution in [3.8, 4) is 5.69 Å². The highest BCUT2D eigenvalue weighted by Gasteiger charge is 2.11. The quantitative estimate of drug-likeness (QED) is 0.727. The highest BCUT2D eigenvalue weighted by Crippen LogP contribution is 2.12. The van der Waals surface area contributed by atoms with Crippen LogP contribution in [0.3, 0.4) is 0 Å². The minimum atomic E-state index is -0.594. The van der Waals surface area contributed by atoms with Crippen molar-refractivity contribution in [1.29, 1.82) is 0 Å². The van der Waals surface area contributed by atoms with E-state index in [1.165, 1.54) is 17.1 Å². The maximum atomic E-state index is 12.2. The summed E-state index contributed by atoms with van der Waals surface area (Å²) in [7, 11) is 0. The van der Waals surface area contributed by atoms with E-state index < -0.39 is 5.91 Å². The monoisotopic (exact) mass is 269 g/mol. The Morgan fingerprint density at radius 1 is 1.25 bits per heavy atom. The van der Waals surface area contributed by atoms with Crippen LogP contribution in [0.5, 0.6) is 0 Å². The van der Waals surface area contributed by atoms with Crippen LogP contribution in [0.1, 0.15) is 0 Å². The number of aromatic nitrogens is 4. The van der Waals surface area contributed by atoms with E-state index in [0.29, 0.717) is 11.0 Å². The molecular formula is C13H11N5O2. The van der Waals surface area contributed by atoms with Crippen LogP contribution in [0.15, 0.2) is 47.7 Å². The first-order chi connectivity index (χ1) is 9.66. The van der Waals surface area contributed by atoms with Crippen molar-refractivity contribution in [2.24, 2.45) is 5.73 Å². The first-order valence-corrected chi connectivity index (χ1v) is 5.94. The van der Waals surface area contributed by atoms with Gasteiger partial charge in [0, 0.05) is 0 Å². The van der Waals surface area contributed by atoms with Crippen molar-refractivity contribution in [2.45, 2.75) is 6.54 Å². The zero-order chi connectivity index (χ0) is 14.1. The molecule has 2 heterocycles. The van der Waals surface area contributed by atoms with Gasteiger partial charge in [0.2, 0.25) is 5.91 Å². The number of carbonyl (C=O) groups excluding carboxylic acids is 1. The van der Waals surface area contributed by atoms with Crippen molar-refractivity contribution < 1.29 is 4.79 Å². The van der Waals surface area contributed by atoms with Crippen molar-refractivity contribution in [3.05, 3.63) is 53.2 Å². The van der Waals surface area contributed by atoms with E-state index in [9.17, 15) is 9.59 Å². The average molecular weight is 269 g/mol. The van der Waals surface area contributed by atoms with Gasteiger partial charge >= 0.3 is 0 Å². The zero-order valence-corrected chi connectivity index (χ0v) is 10.4. The minimum absolute atomic E-state index is 0.196. The van der Waals surface area contributed by atoms with Gasteiger partial charge in [-0.15, -0.1) is 0 Å². The van der Waals surface area contributed by atoms with Gasteiger partial charge in [0.1, 0.15) is 18.3 Å². The van der Waals surface area contributed by atoms with E-state index in [0.717, 1.165) is 5.69 Å². The molecule has 0 aliphatic carbocycles. The summed E-state index contributed by atoms with van der Waals surface area (Å²) in [6.07, 6.45) is 2.74. The standard InChI is InChI=1S/C13H11N5O2/c14-11(19)7-17-8-15-12-10(13(17)20)6-16-18(12)9-4-2-1-3-5-9/h1-6,8H,7H2,(H2,14,19). The largest absolute Gasteiger partial charge is 0.368 e. The number of rotatable bonds is 3. The third kappa shape index (κ3) is 1.95. The Labute approximate surface area is 113 Å². The van der Waals surface area contributed by atoms with Gasteiger partial charge in [-0.3, -0.25) is 14.2 Å². The van der Waals surface area contributed by atoms with Crippen LogP contribution < -0.4 is 11.3 Å². The molecule has 2 aromatic heterocycles. The molecule has 0 unspecified atom stereocenters. The molecule has 0 aliphatic rings. The van der Waals surface area contributed by atoms with Crippen LogP contribution in [0.25, 0.3) is 16.7 Å². The van der Waals surface area contributed by atoms with Crippen LogP contribution in [-0.2, 0) is 11.3 Å². The second kappa shape index (κ2) is 4.61. The summed E-state index contributed by atoms with van der Waals surface area (Å²) in [5.41, 5.74) is 6.00. The Bertz CT molecular complexity index is 835. The maximum Gasteiger partial charge on any atom is 0.264 e. The molecule has 0 saturated heterocycles. The van der Waals surface area contributed by atoms with Gasteiger partial charge in [-0.2, -0.15) is 5.10 Å². The normalized spacial score (nSPS) is 10.8. The number of hydrogen-bond acceptors (Lipinski definition) is 4. The first-order valence-electron chi connectivity index (χ1n) is 5.94. The molecule has 2 N–H and O–H groups in total. The molecule has 1 amide bonds. The lowest BCUT2D eigenvalue weighted by atomic mass is 10.3. The van der Waals surface area contributed by atoms with Crippen LogP contribution in [0.2, 0.25) is 0 Å². The molecule has 0 fully saturated rings. The van der Waals surface area contributed by atoms with Crippen molar-refractivity contribution in [3.63, 3.8) is 0 Å². The number of nitrogens with zero attached hydrogens (tertiary/aromatic N) is 4. The summed E-state index contributed by atoms with van der Waals surface area (Å²) in [6, 6.07) is 9.36. The van der Waals surface area contributed by atoms with E-state index in [2.05, 4.69) is 10.1 Å². The lowest BCUT2D eigenvalue weighted by Gasteiger charge is -2.04. The molecule has 100 valence electrons. The highest BCUT2D eigenvalue weighted by molar-refractivity contribution is 5.76. The Kier molecular flexibility index (Phi) is 2.79. The fourth-order valence-electron chi connectivity index (χ4n) is 1.99. The van der Waals surface area contributed by atoms with E-state index in [1.54, 1.807) is 4.68 Å². The van der Waals surface area contributed by atoms with Gasteiger partial charge in [-0.25, -0.2) is 9.67 Å². The van der Waals surface area contributed by atoms with Gasteiger partial charge in [0.05, 0.1) is 11.9 Å². The van der Waals surface area contributed by atoms with Crippen LogP contribution in [-0.4, -0.2) is 25.2 Å². The Morgan fingerprint density at radius 3 is 2.70 bits per heavy atom. The molecule has 0 radical (unpaired) electrons. The topological polar surface area (TPSA) is 95.8 Å². The number of benzene rings is 1. The molecule has 1 aromatic carbocycles. The number of carbonyl (C=O) groups is 1. The predicted molar refractivity (Wildman–Crippen MR) is 72.3 cm³/mol. The second-order valence-corrected chi connectivity index (χ2v) is 4.27. The lowest BCUT2D eigenvalue weighted by Crippen LogP contribution is -2.28. The third-order valence-corrected chi connectivity index (χ3v) is 2.88. The molecule has 7 nitrogen and oxygen atoms in total. The van der Waals surface area contributed by atoms with Crippen LogP contribution >= 0.6 is 0 Å². The number of nitrogens with two attached hydrogens (primary N) is 1. The van der Waals surface area contributed by atoms with E-state index in [4.69, 9.17) is 5.73 Å². The molecule has 0 aliphatic heterocycles. The smallest absolute Gasteiger partial charge is 0.264 e. The Morgan fingerprint density at radius 2 is 2.00 bits per heavy atom. The highest BCUT2D eigenvalue weighted by atomic mass is 16.2. The Balaban J connectivity index is 2.18. The lowest BCUT2D eigenvalue weighted by molar-refractivity contribution is -0.118. The summed E-state index contributed by atoms with van der Waals surface area (Å²) >= 11 is 0. The number of hydrogen-bond donors (Lipinski definition) is 1. The second-order valence-electron chi connectivity index (χ2n) is 4.27. The molecule has 0 spiro atoms. The molecular weight excluding hydrogens is 258 g/mol. The van der Waals surface area contributed by atoms with E-state index in [-0.39, 0.29) is 12.1 Å². The van der Waals surface area contributed by atoms with Crippen LogP contribution in [0, 0.1) is 0 Å². The fourth-order valence-corrected chi connectivity index (χ4v) is 1.99. The fraction of sp³-hybridized carbons (Fsp3) is 0.0769. The van der Waals surface area contributed by atoms with Crippen LogP contribution in [0.4, 0.5) is 0 Å². The van der Waals surface area contributed by atoms with E-state index in [1.807, 2.05) is 30.3 Å². The molecule has 0 saturated carbocycles. The molecule has 0 bridgehead atoms. The summed E-state index contributed by atoms with van der Waals surface area (Å²) < 4.78 is 2.74. The number of primary amides is 1. The zero-order valence-electron chi connectivity index (χ0n) is 10.4. The molecule has 3 rings (SSSR count). The maximum absolute atomic E-state index is 12.2. The third-order valence-electron chi connectivity index (χ3n) is 2.88. The van der Waals surface area contributed by atoms with Crippen molar-refractivity contribution >= 4 is 16.9 Å². The van der Waals surface area contributed by atoms with Gasteiger partial charge in [-0.05, 0) is 12.1 Å². The first kappa shape index (κ1) is 12.1. The van der Waals surface area contributed by atoms with E-state index >= 15 is 0 Å². The molecule has 0 atom stereocenters. The van der Waals surface area contributed by atoms with Gasteiger partial charge in [0.25, 0.3) is 5.56 Å². The Hall–Kier alpha value is -2.96. The predicted octanol–water partition coefficient (Wildman–Crippen LogP) is 0.0675. The average Bonchev–Trinajstić information content (AvgIpc) is 2.87. The summed E-state index contributed by atoms with van der Waals surface area (Å²) in [5, 5.41) is 4.52.